The summed E-state index contributed by atoms with van der Waals surface area (Å²) in [6, 6.07) is 10.9. The zero-order chi connectivity index (χ0) is 20.5. The summed E-state index contributed by atoms with van der Waals surface area (Å²) in [6.07, 6.45) is 0.398. The van der Waals surface area contributed by atoms with Gasteiger partial charge in [0.1, 0.15) is 0 Å². The number of hydrogen-bond acceptors (Lipinski definition) is 5. The first-order valence-corrected chi connectivity index (χ1v) is 11.0. The van der Waals surface area contributed by atoms with Crippen molar-refractivity contribution in [2.24, 2.45) is 13.0 Å². The van der Waals surface area contributed by atoms with Crippen molar-refractivity contribution in [3.8, 4) is 0 Å². The topological polar surface area (TPSA) is 97.3 Å². The number of anilines is 2. The second kappa shape index (κ2) is 7.76. The highest BCUT2D eigenvalue weighted by molar-refractivity contribution is 7.92. The molecule has 1 aromatic heterocycles. The van der Waals surface area contributed by atoms with E-state index >= 15 is 0 Å². The number of aryl methyl sites for hydroxylation is 1. The van der Waals surface area contributed by atoms with E-state index in [0.29, 0.717) is 22.5 Å². The highest BCUT2D eigenvalue weighted by Crippen LogP contribution is 2.24. The van der Waals surface area contributed by atoms with Gasteiger partial charge in [0.25, 0.3) is 10.0 Å². The number of carbonyl (C=O) groups excluding carboxylic acids is 1. The highest BCUT2D eigenvalue weighted by Gasteiger charge is 2.15. The highest BCUT2D eigenvalue weighted by atomic mass is 32.2. The molecule has 2 N–H and O–H groups in total. The molecule has 0 atom stereocenters. The third kappa shape index (κ3) is 4.42. The lowest BCUT2D eigenvalue weighted by Crippen LogP contribution is -2.15. The average Bonchev–Trinajstić information content (AvgIpc) is 2.88. The van der Waals surface area contributed by atoms with Gasteiger partial charge in [-0.1, -0.05) is 25.2 Å². The van der Waals surface area contributed by atoms with Crippen molar-refractivity contribution in [1.29, 1.82) is 0 Å². The predicted molar refractivity (Wildman–Crippen MR) is 112 cm³/mol. The minimum atomic E-state index is -3.79. The molecular weight excluding hydrogens is 398 g/mol. The van der Waals surface area contributed by atoms with Crippen LogP contribution in [0.5, 0.6) is 0 Å². The van der Waals surface area contributed by atoms with Gasteiger partial charge >= 0.3 is 4.87 Å². The number of aromatic nitrogens is 1. The van der Waals surface area contributed by atoms with Crippen LogP contribution in [0.2, 0.25) is 0 Å². The molecule has 3 rings (SSSR count). The summed E-state index contributed by atoms with van der Waals surface area (Å²) in [5.41, 5.74) is 1.67. The van der Waals surface area contributed by atoms with Crippen LogP contribution in [-0.4, -0.2) is 18.9 Å². The minimum Gasteiger partial charge on any atom is -0.326 e. The van der Waals surface area contributed by atoms with Crippen LogP contribution in [0.15, 0.2) is 52.2 Å². The number of fused-ring (bicyclic) bond motifs is 1. The number of amides is 1. The third-order valence-electron chi connectivity index (χ3n) is 4.09. The summed E-state index contributed by atoms with van der Waals surface area (Å²) < 4.78 is 30.0. The van der Waals surface area contributed by atoms with E-state index in [0.717, 1.165) is 16.9 Å². The van der Waals surface area contributed by atoms with Crippen LogP contribution in [0.25, 0.3) is 10.2 Å². The van der Waals surface area contributed by atoms with E-state index in [-0.39, 0.29) is 21.6 Å². The Morgan fingerprint density at radius 3 is 2.39 bits per heavy atom. The van der Waals surface area contributed by atoms with Crippen molar-refractivity contribution in [3.05, 3.63) is 52.1 Å². The van der Waals surface area contributed by atoms with Gasteiger partial charge in [-0.2, -0.15) is 0 Å². The molecule has 2 aromatic carbocycles. The molecule has 0 aliphatic heterocycles. The zero-order valence-corrected chi connectivity index (χ0v) is 17.4. The molecule has 0 saturated carbocycles. The van der Waals surface area contributed by atoms with E-state index in [9.17, 15) is 18.0 Å². The van der Waals surface area contributed by atoms with Gasteiger partial charge < -0.3 is 9.88 Å². The van der Waals surface area contributed by atoms with Gasteiger partial charge in [0.15, 0.2) is 0 Å². The number of benzene rings is 2. The Morgan fingerprint density at radius 1 is 1.11 bits per heavy atom. The smallest absolute Gasteiger partial charge is 0.307 e. The van der Waals surface area contributed by atoms with Crippen molar-refractivity contribution in [1.82, 2.24) is 4.57 Å². The first-order valence-electron chi connectivity index (χ1n) is 8.68. The second-order valence-corrected chi connectivity index (χ2v) is 9.56. The molecule has 0 spiro atoms. The average molecular weight is 420 g/mol. The van der Waals surface area contributed by atoms with E-state index in [1.165, 1.54) is 16.7 Å². The predicted octanol–water partition coefficient (Wildman–Crippen LogP) is 3.39. The fraction of sp³-hybridized carbons (Fsp3) is 0.263. The molecule has 0 radical (unpaired) electrons. The fourth-order valence-electron chi connectivity index (χ4n) is 2.71. The molecule has 0 fully saturated rings. The number of rotatable bonds is 6. The molecule has 1 heterocycles. The van der Waals surface area contributed by atoms with E-state index in [1.807, 2.05) is 13.8 Å². The van der Waals surface area contributed by atoms with E-state index in [4.69, 9.17) is 0 Å². The van der Waals surface area contributed by atoms with Crippen LogP contribution in [0.4, 0.5) is 11.4 Å². The molecule has 0 bridgehead atoms. The van der Waals surface area contributed by atoms with Crippen molar-refractivity contribution in [3.63, 3.8) is 0 Å². The molecule has 0 aliphatic rings. The maximum Gasteiger partial charge on any atom is 0.307 e. The van der Waals surface area contributed by atoms with Gasteiger partial charge in [-0.15, -0.1) is 0 Å². The summed E-state index contributed by atoms with van der Waals surface area (Å²) in [5.74, 6) is 0.128. The van der Waals surface area contributed by atoms with Gasteiger partial charge in [-0.3, -0.25) is 14.3 Å². The zero-order valence-electron chi connectivity index (χ0n) is 15.7. The summed E-state index contributed by atoms with van der Waals surface area (Å²) >= 11 is 1.06. The summed E-state index contributed by atoms with van der Waals surface area (Å²) in [5, 5.41) is 2.74. The van der Waals surface area contributed by atoms with Crippen molar-refractivity contribution in [2.75, 3.05) is 10.0 Å². The number of sulfonamides is 1. The largest absolute Gasteiger partial charge is 0.326 e. The Kier molecular flexibility index (Phi) is 5.57. The van der Waals surface area contributed by atoms with Gasteiger partial charge in [0.2, 0.25) is 5.91 Å². The molecule has 0 saturated heterocycles. The number of hydrogen-bond donors (Lipinski definition) is 2. The summed E-state index contributed by atoms with van der Waals surface area (Å²) in [4.78, 5) is 23.5. The standard InChI is InChI=1S/C19H21N3O4S2/c1-12(2)10-18(23)20-13-4-7-15(8-5-13)28(25,26)21-14-6-9-16-17(11-14)27-19(24)22(16)3/h4-9,11-12,21H,10H2,1-3H3,(H,20,23). The van der Waals surface area contributed by atoms with E-state index in [1.54, 1.807) is 37.4 Å². The maximum atomic E-state index is 12.6. The van der Waals surface area contributed by atoms with Crippen LogP contribution >= 0.6 is 11.3 Å². The SMILES string of the molecule is CC(C)CC(=O)Nc1ccc(S(=O)(=O)Nc2ccc3c(c2)sc(=O)n3C)cc1. The molecule has 0 unspecified atom stereocenters. The quantitative estimate of drug-likeness (QED) is 0.640. The Morgan fingerprint density at radius 2 is 1.75 bits per heavy atom. The Bertz CT molecular complexity index is 1180. The van der Waals surface area contributed by atoms with Crippen LogP contribution in [0.1, 0.15) is 20.3 Å². The molecule has 28 heavy (non-hydrogen) atoms. The molecular formula is C19H21N3O4S2. The number of nitrogens with one attached hydrogen (secondary N) is 2. The van der Waals surface area contributed by atoms with Crippen molar-refractivity contribution in [2.45, 2.75) is 25.2 Å². The first kappa shape index (κ1) is 20.1. The Balaban J connectivity index is 1.77. The van der Waals surface area contributed by atoms with Crippen LogP contribution < -0.4 is 14.9 Å². The van der Waals surface area contributed by atoms with Crippen LogP contribution in [0, 0.1) is 5.92 Å². The van der Waals surface area contributed by atoms with Gasteiger partial charge in [-0.05, 0) is 48.4 Å². The lowest BCUT2D eigenvalue weighted by molar-refractivity contribution is -0.116. The number of carbonyl (C=O) groups is 1. The lowest BCUT2D eigenvalue weighted by atomic mass is 10.1. The molecule has 7 nitrogen and oxygen atoms in total. The van der Waals surface area contributed by atoms with E-state index < -0.39 is 10.0 Å². The third-order valence-corrected chi connectivity index (χ3v) is 6.48. The first-order chi connectivity index (χ1) is 13.2. The molecule has 9 heteroatoms. The van der Waals surface area contributed by atoms with E-state index in [2.05, 4.69) is 10.0 Å². The molecule has 1 amide bonds. The van der Waals surface area contributed by atoms with Crippen LogP contribution in [0.3, 0.4) is 0 Å². The number of nitrogens with zero attached hydrogens (tertiary/aromatic N) is 1. The minimum absolute atomic E-state index is 0.0794. The maximum absolute atomic E-state index is 12.6. The van der Waals surface area contributed by atoms with Gasteiger partial charge in [-0.25, -0.2) is 8.42 Å². The normalized spacial score (nSPS) is 11.7. The fourth-order valence-corrected chi connectivity index (χ4v) is 4.68. The lowest BCUT2D eigenvalue weighted by Gasteiger charge is -2.10. The van der Waals surface area contributed by atoms with Gasteiger partial charge in [0, 0.05) is 19.2 Å². The molecule has 0 aliphatic carbocycles. The Hall–Kier alpha value is -2.65. The number of thiazole rings is 1. The monoisotopic (exact) mass is 419 g/mol. The van der Waals surface area contributed by atoms with Gasteiger partial charge in [0.05, 0.1) is 20.8 Å². The summed E-state index contributed by atoms with van der Waals surface area (Å²) in [6.45, 7) is 3.90. The van der Waals surface area contributed by atoms with Crippen molar-refractivity contribution >= 4 is 48.9 Å². The Labute approximate surface area is 167 Å². The second-order valence-electron chi connectivity index (χ2n) is 6.89. The van der Waals surface area contributed by atoms with Crippen LogP contribution in [-0.2, 0) is 21.9 Å². The summed E-state index contributed by atoms with van der Waals surface area (Å²) in [7, 11) is -2.12. The molecule has 148 valence electrons. The van der Waals surface area contributed by atoms with Crippen molar-refractivity contribution < 1.29 is 13.2 Å². The molecule has 3 aromatic rings.